The van der Waals surface area contributed by atoms with Gasteiger partial charge in [0.05, 0.1) is 0 Å². The molecule has 0 aromatic rings. The van der Waals surface area contributed by atoms with Gasteiger partial charge in [0.25, 0.3) is 0 Å². The van der Waals surface area contributed by atoms with E-state index in [9.17, 15) is 0 Å². The van der Waals surface area contributed by atoms with Gasteiger partial charge in [-0.25, -0.2) is 0 Å². The van der Waals surface area contributed by atoms with Crippen molar-refractivity contribution in [2.24, 2.45) is 11.1 Å². The molecule has 1 heteroatoms. The van der Waals surface area contributed by atoms with Gasteiger partial charge in [-0.05, 0) is 34.6 Å². The molecule has 0 spiro atoms. The predicted molar refractivity (Wildman–Crippen MR) is 50.1 cm³/mol. The van der Waals surface area contributed by atoms with E-state index in [0.29, 0.717) is 0 Å². The number of hydrogen-bond donors (Lipinski definition) is 1. The second-order valence-electron chi connectivity index (χ2n) is 4.72. The third-order valence-electron chi connectivity index (χ3n) is 1.01. The maximum Gasteiger partial charge on any atom is 0.0264 e. The van der Waals surface area contributed by atoms with Gasteiger partial charge in [0, 0.05) is 17.4 Å². The standard InChI is InChI=1S/C10H19N/c1-9(2,3)7-6-8-10(4,5)11/h8,11H2,1-5H3. The van der Waals surface area contributed by atoms with Crippen LogP contribution >= 0.6 is 0 Å². The van der Waals surface area contributed by atoms with Gasteiger partial charge in [0.2, 0.25) is 0 Å². The quantitative estimate of drug-likeness (QED) is 0.574. The summed E-state index contributed by atoms with van der Waals surface area (Å²) < 4.78 is 0. The van der Waals surface area contributed by atoms with Crippen LogP contribution in [0, 0.1) is 17.3 Å². The number of rotatable bonds is 1. The van der Waals surface area contributed by atoms with Gasteiger partial charge in [0.15, 0.2) is 0 Å². The van der Waals surface area contributed by atoms with Crippen molar-refractivity contribution >= 4 is 0 Å². The van der Waals surface area contributed by atoms with Crippen molar-refractivity contribution in [2.75, 3.05) is 0 Å². The molecule has 0 fully saturated rings. The summed E-state index contributed by atoms with van der Waals surface area (Å²) in [6, 6.07) is 0. The van der Waals surface area contributed by atoms with Crippen LogP contribution < -0.4 is 5.73 Å². The van der Waals surface area contributed by atoms with Crippen LogP contribution in [0.2, 0.25) is 0 Å². The van der Waals surface area contributed by atoms with E-state index in [4.69, 9.17) is 5.73 Å². The summed E-state index contributed by atoms with van der Waals surface area (Å²) in [5, 5.41) is 0. The van der Waals surface area contributed by atoms with E-state index in [1.807, 2.05) is 13.8 Å². The first-order valence-corrected chi connectivity index (χ1v) is 4.00. The van der Waals surface area contributed by atoms with Gasteiger partial charge in [-0.2, -0.15) is 0 Å². The smallest absolute Gasteiger partial charge is 0.0264 e. The summed E-state index contributed by atoms with van der Waals surface area (Å²) in [6.45, 7) is 10.3. The van der Waals surface area contributed by atoms with E-state index in [0.717, 1.165) is 6.42 Å². The maximum absolute atomic E-state index is 5.76. The third-order valence-corrected chi connectivity index (χ3v) is 1.01. The van der Waals surface area contributed by atoms with E-state index in [2.05, 4.69) is 32.6 Å². The largest absolute Gasteiger partial charge is 0.325 e. The van der Waals surface area contributed by atoms with Crippen molar-refractivity contribution in [1.82, 2.24) is 0 Å². The topological polar surface area (TPSA) is 26.0 Å². The van der Waals surface area contributed by atoms with Gasteiger partial charge in [-0.15, -0.1) is 5.92 Å². The monoisotopic (exact) mass is 153 g/mol. The highest BCUT2D eigenvalue weighted by molar-refractivity contribution is 5.09. The fourth-order valence-electron chi connectivity index (χ4n) is 0.537. The average Bonchev–Trinajstić information content (AvgIpc) is 1.55. The molecular formula is C10H19N. The van der Waals surface area contributed by atoms with Crippen LogP contribution in [0.5, 0.6) is 0 Å². The van der Waals surface area contributed by atoms with Gasteiger partial charge in [0.1, 0.15) is 0 Å². The van der Waals surface area contributed by atoms with Crippen molar-refractivity contribution in [2.45, 2.75) is 46.6 Å². The van der Waals surface area contributed by atoms with Crippen LogP contribution in [0.15, 0.2) is 0 Å². The molecule has 0 aromatic heterocycles. The zero-order valence-corrected chi connectivity index (χ0v) is 8.28. The van der Waals surface area contributed by atoms with E-state index >= 15 is 0 Å². The molecular weight excluding hydrogens is 134 g/mol. The third kappa shape index (κ3) is 9.52. The van der Waals surface area contributed by atoms with E-state index < -0.39 is 0 Å². The molecule has 64 valence electrons. The Morgan fingerprint density at radius 2 is 1.55 bits per heavy atom. The van der Waals surface area contributed by atoms with E-state index in [-0.39, 0.29) is 11.0 Å². The first-order chi connectivity index (χ1) is 4.71. The summed E-state index contributed by atoms with van der Waals surface area (Å²) in [5.41, 5.74) is 5.71. The lowest BCUT2D eigenvalue weighted by Crippen LogP contribution is -2.31. The molecule has 0 unspecified atom stereocenters. The summed E-state index contributed by atoms with van der Waals surface area (Å²) >= 11 is 0. The Hall–Kier alpha value is -0.480. The second kappa shape index (κ2) is 3.28. The molecule has 0 saturated carbocycles. The molecule has 1 nitrogen and oxygen atoms in total. The van der Waals surface area contributed by atoms with Crippen LogP contribution in [-0.2, 0) is 0 Å². The van der Waals surface area contributed by atoms with Crippen molar-refractivity contribution in [3.8, 4) is 11.8 Å². The van der Waals surface area contributed by atoms with Gasteiger partial charge < -0.3 is 5.73 Å². The van der Waals surface area contributed by atoms with Crippen molar-refractivity contribution in [3.05, 3.63) is 0 Å². The highest BCUT2D eigenvalue weighted by Gasteiger charge is 2.08. The van der Waals surface area contributed by atoms with Gasteiger partial charge in [-0.3, -0.25) is 0 Å². The molecule has 0 atom stereocenters. The van der Waals surface area contributed by atoms with Crippen molar-refractivity contribution in [3.63, 3.8) is 0 Å². The van der Waals surface area contributed by atoms with Crippen molar-refractivity contribution < 1.29 is 0 Å². The number of nitrogens with two attached hydrogens (primary N) is 1. The Morgan fingerprint density at radius 1 is 1.09 bits per heavy atom. The second-order valence-corrected chi connectivity index (χ2v) is 4.72. The van der Waals surface area contributed by atoms with Gasteiger partial charge in [-0.1, -0.05) is 5.92 Å². The predicted octanol–water partition coefficient (Wildman–Crippen LogP) is 2.16. The lowest BCUT2D eigenvalue weighted by molar-refractivity contribution is 0.530. The Bertz CT molecular complexity index is 168. The minimum Gasteiger partial charge on any atom is -0.325 e. The van der Waals surface area contributed by atoms with E-state index in [1.54, 1.807) is 0 Å². The lowest BCUT2D eigenvalue weighted by Gasteiger charge is -2.14. The summed E-state index contributed by atoms with van der Waals surface area (Å²) in [4.78, 5) is 0. The molecule has 0 aliphatic heterocycles. The molecule has 0 rings (SSSR count). The zero-order valence-electron chi connectivity index (χ0n) is 8.28. The Kier molecular flexibility index (Phi) is 3.13. The van der Waals surface area contributed by atoms with Crippen LogP contribution in [0.4, 0.5) is 0 Å². The maximum atomic E-state index is 5.76. The van der Waals surface area contributed by atoms with E-state index in [1.165, 1.54) is 0 Å². The minimum absolute atomic E-state index is 0.102. The lowest BCUT2D eigenvalue weighted by atomic mass is 9.96. The highest BCUT2D eigenvalue weighted by atomic mass is 14.7. The first-order valence-electron chi connectivity index (χ1n) is 4.00. The molecule has 0 radical (unpaired) electrons. The highest BCUT2D eigenvalue weighted by Crippen LogP contribution is 2.11. The van der Waals surface area contributed by atoms with Crippen molar-refractivity contribution in [1.29, 1.82) is 0 Å². The molecule has 0 aliphatic carbocycles. The van der Waals surface area contributed by atoms with Gasteiger partial charge >= 0.3 is 0 Å². The molecule has 0 saturated heterocycles. The molecule has 2 N–H and O–H groups in total. The molecule has 11 heavy (non-hydrogen) atoms. The van der Waals surface area contributed by atoms with Crippen LogP contribution in [-0.4, -0.2) is 5.54 Å². The Morgan fingerprint density at radius 3 is 1.82 bits per heavy atom. The average molecular weight is 153 g/mol. The number of hydrogen-bond acceptors (Lipinski definition) is 1. The molecule has 0 amide bonds. The fraction of sp³-hybridized carbons (Fsp3) is 0.800. The first kappa shape index (κ1) is 10.5. The SMILES string of the molecule is CC(C)(C)C#CCC(C)(C)N. The molecule has 0 aliphatic rings. The Balaban J connectivity index is 3.94. The molecule has 0 aromatic carbocycles. The summed E-state index contributed by atoms with van der Waals surface area (Å²) in [5.74, 6) is 6.24. The zero-order chi connectivity index (χ0) is 9.12. The fourth-order valence-corrected chi connectivity index (χ4v) is 0.537. The normalized spacial score (nSPS) is 12.2. The Labute approximate surface area is 70.4 Å². The molecule has 0 bridgehead atoms. The molecule has 0 heterocycles. The summed E-state index contributed by atoms with van der Waals surface area (Å²) in [7, 11) is 0. The minimum atomic E-state index is -0.155. The van der Waals surface area contributed by atoms with Crippen LogP contribution in [0.1, 0.15) is 41.0 Å². The van der Waals surface area contributed by atoms with Crippen LogP contribution in [0.25, 0.3) is 0 Å². The van der Waals surface area contributed by atoms with Crippen LogP contribution in [0.3, 0.4) is 0 Å². The summed E-state index contributed by atoms with van der Waals surface area (Å²) in [6.07, 6.45) is 0.768.